The molecule has 7 heteroatoms. The van der Waals surface area contributed by atoms with E-state index in [2.05, 4.69) is 0 Å². The van der Waals surface area contributed by atoms with Crippen molar-refractivity contribution in [1.29, 1.82) is 0 Å². The summed E-state index contributed by atoms with van der Waals surface area (Å²) < 4.78 is 10.7. The molecule has 0 amide bonds. The third-order valence-corrected chi connectivity index (χ3v) is 3.98. The van der Waals surface area contributed by atoms with E-state index in [9.17, 15) is 25.5 Å². The summed E-state index contributed by atoms with van der Waals surface area (Å²) in [5, 5.41) is 48.2. The monoisotopic (exact) mass is 360 g/mol. The van der Waals surface area contributed by atoms with Gasteiger partial charge in [0, 0.05) is 6.07 Å². The van der Waals surface area contributed by atoms with E-state index in [0.717, 1.165) is 5.56 Å². The third kappa shape index (κ3) is 4.33. The molecule has 1 aliphatic rings. The van der Waals surface area contributed by atoms with Gasteiger partial charge >= 0.3 is 0 Å². The van der Waals surface area contributed by atoms with Gasteiger partial charge in [0.2, 0.25) is 6.29 Å². The molecule has 2 aromatic rings. The lowest BCUT2D eigenvalue weighted by molar-refractivity contribution is -0.242. The molecule has 0 aromatic heterocycles. The molecule has 1 saturated heterocycles. The van der Waals surface area contributed by atoms with E-state index in [1.165, 1.54) is 12.1 Å². The molecule has 1 fully saturated rings. The summed E-state index contributed by atoms with van der Waals surface area (Å²) in [7, 11) is 0. The number of phenols is 2. The number of hydrogen-bond acceptors (Lipinski definition) is 7. The highest BCUT2D eigenvalue weighted by Gasteiger charge is 2.39. The topological polar surface area (TPSA) is 120 Å². The average Bonchev–Trinajstić information content (AvgIpc) is 2.61. The molecule has 1 aliphatic heterocycles. The molecule has 4 unspecified atom stereocenters. The fourth-order valence-corrected chi connectivity index (χ4v) is 2.56. The van der Waals surface area contributed by atoms with Crippen molar-refractivity contribution in [2.75, 3.05) is 6.61 Å². The lowest BCUT2D eigenvalue weighted by Gasteiger charge is -2.34. The van der Waals surface area contributed by atoms with Gasteiger partial charge in [-0.15, -0.1) is 0 Å². The third-order valence-electron chi connectivity index (χ3n) is 3.98. The Balaban J connectivity index is 1.74. The minimum atomic E-state index is -1.42. The van der Waals surface area contributed by atoms with Crippen molar-refractivity contribution < 1.29 is 35.0 Å². The minimum absolute atomic E-state index is 0.0428. The molecule has 4 atom stereocenters. The van der Waals surface area contributed by atoms with Crippen molar-refractivity contribution in [2.24, 2.45) is 0 Å². The van der Waals surface area contributed by atoms with E-state index >= 15 is 0 Å². The van der Waals surface area contributed by atoms with Crippen molar-refractivity contribution in [2.45, 2.75) is 24.6 Å². The quantitative estimate of drug-likeness (QED) is 0.518. The highest BCUT2D eigenvalue weighted by Crippen LogP contribution is 2.27. The molecule has 1 heterocycles. The minimum Gasteiger partial charge on any atom is -0.508 e. The second-order valence-electron chi connectivity index (χ2n) is 6.05. The Morgan fingerprint density at radius 1 is 0.846 bits per heavy atom. The number of ether oxygens (including phenoxy) is 2. The van der Waals surface area contributed by atoms with Crippen LogP contribution in [0.1, 0.15) is 11.1 Å². The summed E-state index contributed by atoms with van der Waals surface area (Å²) in [5.74, 6) is 0.371. The maximum Gasteiger partial charge on any atom is 0.228 e. The van der Waals surface area contributed by atoms with Crippen LogP contribution in [-0.2, 0) is 4.74 Å². The summed E-state index contributed by atoms with van der Waals surface area (Å²) in [6.45, 7) is -0.171. The van der Waals surface area contributed by atoms with Crippen molar-refractivity contribution in [3.8, 4) is 17.2 Å². The van der Waals surface area contributed by atoms with Crippen LogP contribution in [0.5, 0.6) is 17.2 Å². The number of rotatable bonds is 4. The molecule has 0 spiro atoms. The van der Waals surface area contributed by atoms with E-state index in [1.54, 1.807) is 42.5 Å². The fourth-order valence-electron chi connectivity index (χ4n) is 2.56. The van der Waals surface area contributed by atoms with Crippen LogP contribution in [-0.4, -0.2) is 56.7 Å². The van der Waals surface area contributed by atoms with Crippen LogP contribution < -0.4 is 4.74 Å². The molecule has 7 nitrogen and oxygen atoms in total. The van der Waals surface area contributed by atoms with Gasteiger partial charge in [0.1, 0.15) is 35.6 Å². The number of aromatic hydroxyl groups is 2. The Bertz CT molecular complexity index is 772. The number of benzene rings is 2. The zero-order valence-corrected chi connectivity index (χ0v) is 13.8. The van der Waals surface area contributed by atoms with Gasteiger partial charge in [-0.2, -0.15) is 0 Å². The van der Waals surface area contributed by atoms with Crippen LogP contribution in [0.2, 0.25) is 0 Å². The van der Waals surface area contributed by atoms with Crippen LogP contribution in [0.3, 0.4) is 0 Å². The van der Waals surface area contributed by atoms with Crippen LogP contribution >= 0.6 is 0 Å². The lowest BCUT2D eigenvalue weighted by atomic mass is 10.1. The average molecular weight is 360 g/mol. The standard InChI is InChI=1S/C19H20O7/c20-13-5-3-11(4-6-13)1-2-12-7-14(21)9-15(8-12)26-19-18(24)17(23)16(22)10-25-19/h1-9,16-24H,10H2. The highest BCUT2D eigenvalue weighted by atomic mass is 16.7. The number of phenolic OH excluding ortho intramolecular Hbond substituents is 2. The molecule has 0 saturated carbocycles. The Hall–Kier alpha value is -2.58. The predicted octanol–water partition coefficient (Wildman–Crippen LogP) is 1.09. The maximum atomic E-state index is 9.93. The van der Waals surface area contributed by atoms with Crippen molar-refractivity contribution in [1.82, 2.24) is 0 Å². The van der Waals surface area contributed by atoms with E-state index in [1.807, 2.05) is 0 Å². The maximum absolute atomic E-state index is 9.93. The molecule has 5 N–H and O–H groups in total. The summed E-state index contributed by atoms with van der Waals surface area (Å²) in [6, 6.07) is 11.1. The summed E-state index contributed by atoms with van der Waals surface area (Å²) in [4.78, 5) is 0. The first kappa shape index (κ1) is 18.2. The SMILES string of the molecule is Oc1ccc(C=Cc2cc(O)cc(OC3OCC(O)C(O)C3O)c2)cc1. The van der Waals surface area contributed by atoms with Crippen LogP contribution in [0.25, 0.3) is 12.2 Å². The molecule has 0 bridgehead atoms. The first-order chi connectivity index (χ1) is 12.4. The zero-order valence-electron chi connectivity index (χ0n) is 13.8. The zero-order chi connectivity index (χ0) is 18.7. The second-order valence-corrected chi connectivity index (χ2v) is 6.05. The van der Waals surface area contributed by atoms with Crippen LogP contribution in [0.15, 0.2) is 42.5 Å². The van der Waals surface area contributed by atoms with Gasteiger partial charge in [0.05, 0.1) is 6.61 Å². The predicted molar refractivity (Wildman–Crippen MR) is 93.5 cm³/mol. The smallest absolute Gasteiger partial charge is 0.228 e. The molecular formula is C19H20O7. The molecule has 138 valence electrons. The molecular weight excluding hydrogens is 340 g/mol. The van der Waals surface area contributed by atoms with Gasteiger partial charge in [-0.3, -0.25) is 0 Å². The molecule has 26 heavy (non-hydrogen) atoms. The number of aliphatic hydroxyl groups is 3. The van der Waals surface area contributed by atoms with Gasteiger partial charge < -0.3 is 35.0 Å². The van der Waals surface area contributed by atoms with Crippen molar-refractivity contribution in [3.63, 3.8) is 0 Å². The second kappa shape index (κ2) is 7.76. The number of hydrogen-bond donors (Lipinski definition) is 5. The van der Waals surface area contributed by atoms with Crippen LogP contribution in [0.4, 0.5) is 0 Å². The molecule has 0 aliphatic carbocycles. The van der Waals surface area contributed by atoms with Crippen LogP contribution in [0, 0.1) is 0 Å². The van der Waals surface area contributed by atoms with Crippen molar-refractivity contribution in [3.05, 3.63) is 53.6 Å². The van der Waals surface area contributed by atoms with Gasteiger partial charge in [-0.1, -0.05) is 24.3 Å². The van der Waals surface area contributed by atoms with E-state index in [0.29, 0.717) is 5.56 Å². The Morgan fingerprint density at radius 3 is 2.27 bits per heavy atom. The molecule has 0 radical (unpaired) electrons. The largest absolute Gasteiger partial charge is 0.508 e. The van der Waals surface area contributed by atoms with E-state index in [-0.39, 0.29) is 23.9 Å². The Labute approximate surface area is 150 Å². The molecule has 2 aromatic carbocycles. The Kier molecular flexibility index (Phi) is 5.43. The highest BCUT2D eigenvalue weighted by molar-refractivity contribution is 5.71. The first-order valence-corrected chi connectivity index (χ1v) is 8.06. The van der Waals surface area contributed by atoms with Gasteiger partial charge in [0.25, 0.3) is 0 Å². The summed E-state index contributed by atoms with van der Waals surface area (Å²) >= 11 is 0. The summed E-state index contributed by atoms with van der Waals surface area (Å²) in [6.07, 6.45) is -1.60. The van der Waals surface area contributed by atoms with E-state index < -0.39 is 24.6 Å². The Morgan fingerprint density at radius 2 is 1.54 bits per heavy atom. The van der Waals surface area contributed by atoms with Gasteiger partial charge in [-0.05, 0) is 35.4 Å². The van der Waals surface area contributed by atoms with Gasteiger partial charge in [0.15, 0.2) is 0 Å². The number of aliphatic hydroxyl groups excluding tert-OH is 3. The van der Waals surface area contributed by atoms with Gasteiger partial charge in [-0.25, -0.2) is 0 Å². The lowest BCUT2D eigenvalue weighted by Crippen LogP contribution is -2.54. The molecule has 3 rings (SSSR count). The normalized spacial score (nSPS) is 26.1. The summed E-state index contributed by atoms with van der Waals surface area (Å²) in [5.41, 5.74) is 1.50. The fraction of sp³-hybridized carbons (Fsp3) is 0.263. The van der Waals surface area contributed by atoms with Crippen molar-refractivity contribution >= 4 is 12.2 Å². The first-order valence-electron chi connectivity index (χ1n) is 8.06. The van der Waals surface area contributed by atoms with E-state index in [4.69, 9.17) is 9.47 Å².